The SMILES string of the molecule is COC(C)(C)CC(NC(=O)OCC1c2ccccc2-c2ccccc21)C(=O)N(C)C(C)(C)C(=O)O. The maximum atomic E-state index is 13.2. The Morgan fingerprint density at radius 2 is 1.51 bits per heavy atom. The number of hydrogen-bond acceptors (Lipinski definition) is 5. The number of rotatable bonds is 9. The largest absolute Gasteiger partial charge is 0.480 e. The molecule has 0 heterocycles. The van der Waals surface area contributed by atoms with Gasteiger partial charge in [-0.3, -0.25) is 4.79 Å². The Kier molecular flexibility index (Phi) is 7.55. The highest BCUT2D eigenvalue weighted by molar-refractivity contribution is 5.91. The molecule has 8 nitrogen and oxygen atoms in total. The summed E-state index contributed by atoms with van der Waals surface area (Å²) in [5.41, 5.74) is 2.19. The third-order valence-corrected chi connectivity index (χ3v) is 6.87. The van der Waals surface area contributed by atoms with Crippen molar-refractivity contribution < 1.29 is 29.0 Å². The fraction of sp³-hybridized carbons (Fsp3) is 0.444. The fourth-order valence-electron chi connectivity index (χ4n) is 4.21. The van der Waals surface area contributed by atoms with Gasteiger partial charge < -0.3 is 24.8 Å². The number of alkyl carbamates (subject to hydrolysis) is 1. The van der Waals surface area contributed by atoms with Crippen molar-refractivity contribution in [1.29, 1.82) is 0 Å². The van der Waals surface area contributed by atoms with Gasteiger partial charge in [-0.1, -0.05) is 48.5 Å². The third kappa shape index (κ3) is 5.48. The van der Waals surface area contributed by atoms with E-state index in [2.05, 4.69) is 17.4 Å². The van der Waals surface area contributed by atoms with Gasteiger partial charge in [0.2, 0.25) is 5.91 Å². The minimum absolute atomic E-state index is 0.102. The second kappa shape index (κ2) is 10.1. The zero-order valence-corrected chi connectivity index (χ0v) is 21.1. The molecule has 2 aromatic rings. The molecule has 2 N–H and O–H groups in total. The number of carbonyl (C=O) groups is 3. The lowest BCUT2D eigenvalue weighted by molar-refractivity contribution is -0.156. The molecular formula is C27H34N2O6. The topological polar surface area (TPSA) is 105 Å². The number of likely N-dealkylation sites (N-methyl/N-ethyl adjacent to an activating group) is 1. The van der Waals surface area contributed by atoms with E-state index in [0.29, 0.717) is 0 Å². The van der Waals surface area contributed by atoms with Crippen LogP contribution in [-0.2, 0) is 19.1 Å². The molecule has 8 heteroatoms. The van der Waals surface area contributed by atoms with Crippen molar-refractivity contribution in [3.05, 3.63) is 59.7 Å². The van der Waals surface area contributed by atoms with Crippen molar-refractivity contribution in [2.24, 2.45) is 0 Å². The first kappa shape index (κ1) is 26.2. The summed E-state index contributed by atoms with van der Waals surface area (Å²) in [6, 6.07) is 15.0. The summed E-state index contributed by atoms with van der Waals surface area (Å²) < 4.78 is 11.1. The van der Waals surface area contributed by atoms with Crippen molar-refractivity contribution >= 4 is 18.0 Å². The number of methoxy groups -OCH3 is 1. The summed E-state index contributed by atoms with van der Waals surface area (Å²) in [4.78, 5) is 38.9. The molecular weight excluding hydrogens is 448 g/mol. The standard InChI is InChI=1S/C27H34N2O6/c1-26(2,34-6)15-22(23(30)29(5)27(3,4)24(31)32)28-25(33)35-16-21-19-13-9-7-11-17(19)18-12-8-10-14-20(18)21/h7-14,21-22H,15-16H2,1-6H3,(H,28,33)(H,31,32). The number of ether oxygens (including phenoxy) is 2. The summed E-state index contributed by atoms with van der Waals surface area (Å²) >= 11 is 0. The molecule has 0 fully saturated rings. The Morgan fingerprint density at radius 1 is 1.00 bits per heavy atom. The molecule has 2 aromatic carbocycles. The molecule has 0 spiro atoms. The number of carboxylic acids is 1. The predicted molar refractivity (Wildman–Crippen MR) is 132 cm³/mol. The number of nitrogens with zero attached hydrogens (tertiary/aromatic N) is 1. The van der Waals surface area contributed by atoms with Gasteiger partial charge in [-0.25, -0.2) is 9.59 Å². The highest BCUT2D eigenvalue weighted by Gasteiger charge is 2.40. The number of aliphatic carboxylic acids is 1. The van der Waals surface area contributed by atoms with Crippen LogP contribution >= 0.6 is 0 Å². The minimum Gasteiger partial charge on any atom is -0.480 e. The van der Waals surface area contributed by atoms with Gasteiger partial charge >= 0.3 is 12.1 Å². The summed E-state index contributed by atoms with van der Waals surface area (Å²) in [6.07, 6.45) is -0.620. The molecule has 0 saturated carbocycles. The predicted octanol–water partition coefficient (Wildman–Crippen LogP) is 4.03. The van der Waals surface area contributed by atoms with Crippen LogP contribution in [0.2, 0.25) is 0 Å². The van der Waals surface area contributed by atoms with E-state index in [4.69, 9.17) is 9.47 Å². The van der Waals surface area contributed by atoms with Gasteiger partial charge in [-0.05, 0) is 49.9 Å². The van der Waals surface area contributed by atoms with E-state index in [1.54, 1.807) is 13.8 Å². The van der Waals surface area contributed by atoms with E-state index >= 15 is 0 Å². The van der Waals surface area contributed by atoms with Crippen molar-refractivity contribution in [3.8, 4) is 11.1 Å². The van der Waals surface area contributed by atoms with Crippen molar-refractivity contribution in [3.63, 3.8) is 0 Å². The van der Waals surface area contributed by atoms with E-state index < -0.39 is 35.2 Å². The Balaban J connectivity index is 1.76. The average molecular weight is 483 g/mol. The van der Waals surface area contributed by atoms with Gasteiger partial charge in [-0.15, -0.1) is 0 Å². The molecule has 0 radical (unpaired) electrons. The Morgan fingerprint density at radius 3 is 2.00 bits per heavy atom. The van der Waals surface area contributed by atoms with Crippen molar-refractivity contribution in [1.82, 2.24) is 10.2 Å². The smallest absolute Gasteiger partial charge is 0.407 e. The molecule has 1 atom stereocenters. The van der Waals surface area contributed by atoms with E-state index in [0.717, 1.165) is 27.2 Å². The number of benzene rings is 2. The lowest BCUT2D eigenvalue weighted by atomic mass is 9.95. The summed E-state index contributed by atoms with van der Waals surface area (Å²) in [6.45, 7) is 6.53. The molecule has 188 valence electrons. The number of carbonyl (C=O) groups excluding carboxylic acids is 2. The zero-order chi connectivity index (χ0) is 26.0. The van der Waals surface area contributed by atoms with Crippen LogP contribution in [0.15, 0.2) is 48.5 Å². The third-order valence-electron chi connectivity index (χ3n) is 6.87. The highest BCUT2D eigenvalue weighted by atomic mass is 16.5. The van der Waals surface area contributed by atoms with E-state index in [9.17, 15) is 19.5 Å². The van der Waals surface area contributed by atoms with Gasteiger partial charge in [0.15, 0.2) is 0 Å². The molecule has 1 aliphatic carbocycles. The van der Waals surface area contributed by atoms with Crippen LogP contribution < -0.4 is 5.32 Å². The first-order valence-electron chi connectivity index (χ1n) is 11.6. The van der Waals surface area contributed by atoms with Crippen LogP contribution in [-0.4, -0.2) is 65.9 Å². The Labute approximate surface area is 206 Å². The summed E-state index contributed by atoms with van der Waals surface area (Å²) in [7, 11) is 2.92. The van der Waals surface area contributed by atoms with Gasteiger partial charge in [0.05, 0.1) is 5.60 Å². The van der Waals surface area contributed by atoms with Crippen LogP contribution in [0.25, 0.3) is 11.1 Å². The first-order valence-corrected chi connectivity index (χ1v) is 11.6. The normalized spacial score (nSPS) is 14.0. The molecule has 2 amide bonds. The van der Waals surface area contributed by atoms with Crippen LogP contribution in [0.3, 0.4) is 0 Å². The lowest BCUT2D eigenvalue weighted by Gasteiger charge is -2.36. The Hall–Kier alpha value is -3.39. The number of nitrogens with one attached hydrogen (secondary N) is 1. The summed E-state index contributed by atoms with van der Waals surface area (Å²) in [5, 5.41) is 12.2. The summed E-state index contributed by atoms with van der Waals surface area (Å²) in [5.74, 6) is -1.82. The molecule has 3 rings (SSSR count). The van der Waals surface area contributed by atoms with Gasteiger partial charge in [0, 0.05) is 26.5 Å². The van der Waals surface area contributed by atoms with Crippen LogP contribution in [0.1, 0.15) is 51.2 Å². The average Bonchev–Trinajstić information content (AvgIpc) is 3.14. The fourth-order valence-corrected chi connectivity index (χ4v) is 4.21. The number of carboxylic acid groups (broad SMARTS) is 1. The quantitative estimate of drug-likeness (QED) is 0.559. The maximum Gasteiger partial charge on any atom is 0.407 e. The second-order valence-corrected chi connectivity index (χ2v) is 9.95. The van der Waals surface area contributed by atoms with Gasteiger partial charge in [0.1, 0.15) is 18.2 Å². The zero-order valence-electron chi connectivity index (χ0n) is 21.1. The number of fused-ring (bicyclic) bond motifs is 3. The van der Waals surface area contributed by atoms with E-state index in [-0.39, 0.29) is 18.9 Å². The lowest BCUT2D eigenvalue weighted by Crippen LogP contribution is -2.58. The minimum atomic E-state index is -1.46. The molecule has 0 aromatic heterocycles. The molecule has 0 bridgehead atoms. The van der Waals surface area contributed by atoms with Crippen LogP contribution in [0.5, 0.6) is 0 Å². The van der Waals surface area contributed by atoms with Crippen molar-refractivity contribution in [2.45, 2.75) is 57.2 Å². The molecule has 0 aliphatic heterocycles. The van der Waals surface area contributed by atoms with E-state index in [1.807, 2.05) is 36.4 Å². The monoisotopic (exact) mass is 482 g/mol. The van der Waals surface area contributed by atoms with Crippen molar-refractivity contribution in [2.75, 3.05) is 20.8 Å². The first-order chi connectivity index (χ1) is 16.4. The molecule has 35 heavy (non-hydrogen) atoms. The Bertz CT molecular complexity index is 1060. The van der Waals surface area contributed by atoms with Gasteiger partial charge in [0.25, 0.3) is 0 Å². The van der Waals surface area contributed by atoms with Crippen LogP contribution in [0, 0.1) is 0 Å². The maximum absolute atomic E-state index is 13.2. The molecule has 1 aliphatic rings. The van der Waals surface area contributed by atoms with Crippen LogP contribution in [0.4, 0.5) is 4.79 Å². The van der Waals surface area contributed by atoms with E-state index in [1.165, 1.54) is 28.0 Å². The highest BCUT2D eigenvalue weighted by Crippen LogP contribution is 2.44. The van der Waals surface area contributed by atoms with Gasteiger partial charge in [-0.2, -0.15) is 0 Å². The molecule has 1 unspecified atom stereocenters. The molecule has 0 saturated heterocycles. The number of hydrogen-bond donors (Lipinski definition) is 2. The second-order valence-electron chi connectivity index (χ2n) is 9.95. The number of amides is 2.